The predicted molar refractivity (Wildman–Crippen MR) is 78.0 cm³/mol. The van der Waals surface area contributed by atoms with Crippen molar-refractivity contribution < 1.29 is 0 Å². The first-order chi connectivity index (χ1) is 7.99. The summed E-state index contributed by atoms with van der Waals surface area (Å²) < 4.78 is 0. The van der Waals surface area contributed by atoms with Gasteiger partial charge in [-0.3, -0.25) is 0 Å². The second-order valence-corrected chi connectivity index (χ2v) is 6.23. The summed E-state index contributed by atoms with van der Waals surface area (Å²) in [6, 6.07) is 0. The lowest BCUT2D eigenvalue weighted by molar-refractivity contribution is 0.355. The Hall–Kier alpha value is -0.520. The summed E-state index contributed by atoms with van der Waals surface area (Å²) in [7, 11) is 0. The van der Waals surface area contributed by atoms with Crippen LogP contribution < -0.4 is 0 Å². The molecule has 5 unspecified atom stereocenters. The molecule has 0 N–H and O–H groups in total. The molecule has 17 heavy (non-hydrogen) atoms. The first-order valence-corrected chi connectivity index (χ1v) is 7.29. The second-order valence-electron chi connectivity index (χ2n) is 6.23. The van der Waals surface area contributed by atoms with Crippen LogP contribution in [0.4, 0.5) is 0 Å². The molecule has 1 fully saturated rings. The normalized spacial score (nSPS) is 28.2. The van der Waals surface area contributed by atoms with Gasteiger partial charge in [-0.2, -0.15) is 0 Å². The zero-order valence-corrected chi connectivity index (χ0v) is 12.2. The van der Waals surface area contributed by atoms with Gasteiger partial charge in [0, 0.05) is 0 Å². The van der Waals surface area contributed by atoms with E-state index in [1.807, 2.05) is 0 Å². The van der Waals surface area contributed by atoms with Crippen molar-refractivity contribution in [2.75, 3.05) is 0 Å². The first kappa shape index (κ1) is 14.5. The third kappa shape index (κ3) is 4.33. The summed E-state index contributed by atoms with van der Waals surface area (Å²) in [5, 5.41) is 0. The minimum Gasteiger partial charge on any atom is -0.103 e. The van der Waals surface area contributed by atoms with Gasteiger partial charge in [0.2, 0.25) is 0 Å². The monoisotopic (exact) mass is 234 g/mol. The Morgan fingerprint density at radius 1 is 1.35 bits per heavy atom. The van der Waals surface area contributed by atoms with Crippen molar-refractivity contribution >= 4 is 0 Å². The van der Waals surface area contributed by atoms with Gasteiger partial charge < -0.3 is 0 Å². The minimum atomic E-state index is 0.645. The molecule has 0 bridgehead atoms. The number of hydrogen-bond donors (Lipinski definition) is 0. The molecule has 0 amide bonds. The molecule has 0 heterocycles. The zero-order chi connectivity index (χ0) is 13.0. The van der Waals surface area contributed by atoms with Gasteiger partial charge in [-0.25, -0.2) is 0 Å². The summed E-state index contributed by atoms with van der Waals surface area (Å²) >= 11 is 0. The van der Waals surface area contributed by atoms with E-state index in [0.29, 0.717) is 11.8 Å². The van der Waals surface area contributed by atoms with E-state index in [-0.39, 0.29) is 0 Å². The van der Waals surface area contributed by atoms with E-state index >= 15 is 0 Å². The molecule has 1 aliphatic rings. The molecular weight excluding hydrogens is 204 g/mol. The van der Waals surface area contributed by atoms with Crippen LogP contribution in [0.3, 0.4) is 0 Å². The van der Waals surface area contributed by atoms with Gasteiger partial charge in [0.05, 0.1) is 0 Å². The highest BCUT2D eigenvalue weighted by Crippen LogP contribution is 2.46. The van der Waals surface area contributed by atoms with Crippen LogP contribution in [0, 0.1) is 29.6 Å². The Kier molecular flexibility index (Phi) is 5.49. The lowest BCUT2D eigenvalue weighted by Gasteiger charge is -2.22. The molecule has 98 valence electrons. The molecule has 0 nitrogen and oxygen atoms in total. The van der Waals surface area contributed by atoms with Crippen LogP contribution in [0.5, 0.6) is 0 Å². The standard InChI is InChI=1S/C17H30/c1-7-12(3)13(4)9-16(8-2)10-14(5)17-11-15(17)6/h8,13-17H,2-3,7,9-11H2,1,4-6H3. The topological polar surface area (TPSA) is 0 Å². The Labute approximate surface area is 108 Å². The maximum atomic E-state index is 4.16. The number of rotatable bonds is 8. The van der Waals surface area contributed by atoms with Gasteiger partial charge in [0.1, 0.15) is 0 Å². The number of hydrogen-bond acceptors (Lipinski definition) is 0. The van der Waals surface area contributed by atoms with E-state index in [2.05, 4.69) is 46.9 Å². The fraction of sp³-hybridized carbons (Fsp3) is 0.765. The summed E-state index contributed by atoms with van der Waals surface area (Å²) in [6.45, 7) is 17.5. The van der Waals surface area contributed by atoms with E-state index in [1.165, 1.54) is 24.8 Å². The van der Waals surface area contributed by atoms with E-state index in [1.54, 1.807) is 0 Å². The van der Waals surface area contributed by atoms with Gasteiger partial charge in [-0.15, -0.1) is 6.58 Å². The third-order valence-corrected chi connectivity index (χ3v) is 4.72. The molecule has 0 aromatic carbocycles. The van der Waals surface area contributed by atoms with Crippen LogP contribution in [0.25, 0.3) is 0 Å². The Balaban J connectivity index is 2.37. The van der Waals surface area contributed by atoms with Crippen molar-refractivity contribution in [2.45, 2.75) is 53.4 Å². The molecule has 1 aliphatic carbocycles. The van der Waals surface area contributed by atoms with Gasteiger partial charge in [-0.1, -0.05) is 45.9 Å². The SMILES string of the molecule is C=CC(CC(C)C(=C)CC)CC(C)C1CC1C. The summed E-state index contributed by atoms with van der Waals surface area (Å²) in [4.78, 5) is 0. The highest BCUT2D eigenvalue weighted by Gasteiger charge is 2.37. The predicted octanol–water partition coefficient (Wildman–Crippen LogP) is 5.46. The molecule has 1 saturated carbocycles. The van der Waals surface area contributed by atoms with Crippen molar-refractivity contribution in [3.8, 4) is 0 Å². The summed E-state index contributed by atoms with van der Waals surface area (Å²) in [6.07, 6.45) is 7.28. The van der Waals surface area contributed by atoms with E-state index < -0.39 is 0 Å². The zero-order valence-electron chi connectivity index (χ0n) is 12.2. The highest BCUT2D eigenvalue weighted by molar-refractivity contribution is 5.00. The summed E-state index contributed by atoms with van der Waals surface area (Å²) in [5.41, 5.74) is 1.39. The second kappa shape index (κ2) is 6.42. The van der Waals surface area contributed by atoms with Crippen molar-refractivity contribution in [3.05, 3.63) is 24.8 Å². The maximum absolute atomic E-state index is 4.16. The molecule has 1 rings (SSSR count). The van der Waals surface area contributed by atoms with Gasteiger partial charge in [0.15, 0.2) is 0 Å². The minimum absolute atomic E-state index is 0.645. The quantitative estimate of drug-likeness (QED) is 0.489. The molecule has 0 aromatic heterocycles. The van der Waals surface area contributed by atoms with Crippen LogP contribution in [0.15, 0.2) is 24.8 Å². The lowest BCUT2D eigenvalue weighted by Crippen LogP contribution is -2.11. The molecule has 0 spiro atoms. The van der Waals surface area contributed by atoms with E-state index in [0.717, 1.165) is 24.2 Å². The van der Waals surface area contributed by atoms with Crippen LogP contribution in [0.1, 0.15) is 53.4 Å². The Morgan fingerprint density at radius 2 is 1.94 bits per heavy atom. The molecule has 0 aliphatic heterocycles. The fourth-order valence-corrected chi connectivity index (χ4v) is 3.05. The average Bonchev–Trinajstić information content (AvgIpc) is 3.04. The van der Waals surface area contributed by atoms with Crippen LogP contribution >= 0.6 is 0 Å². The first-order valence-electron chi connectivity index (χ1n) is 7.29. The smallest absolute Gasteiger partial charge is 0.0228 e. The maximum Gasteiger partial charge on any atom is -0.0228 e. The van der Waals surface area contributed by atoms with Crippen LogP contribution in [-0.2, 0) is 0 Å². The Morgan fingerprint density at radius 3 is 2.35 bits per heavy atom. The van der Waals surface area contributed by atoms with Crippen molar-refractivity contribution in [2.24, 2.45) is 29.6 Å². The molecule has 0 heteroatoms. The van der Waals surface area contributed by atoms with Crippen molar-refractivity contribution in [3.63, 3.8) is 0 Å². The van der Waals surface area contributed by atoms with E-state index in [9.17, 15) is 0 Å². The van der Waals surface area contributed by atoms with Crippen molar-refractivity contribution in [1.82, 2.24) is 0 Å². The lowest BCUT2D eigenvalue weighted by atomic mass is 9.83. The average molecular weight is 234 g/mol. The number of allylic oxidation sites excluding steroid dienone is 2. The van der Waals surface area contributed by atoms with Crippen LogP contribution in [0.2, 0.25) is 0 Å². The van der Waals surface area contributed by atoms with Gasteiger partial charge >= 0.3 is 0 Å². The van der Waals surface area contributed by atoms with Gasteiger partial charge in [-0.05, 0) is 55.3 Å². The molecule has 0 radical (unpaired) electrons. The van der Waals surface area contributed by atoms with Crippen LogP contribution in [-0.4, -0.2) is 0 Å². The molecule has 5 atom stereocenters. The molecule has 0 saturated heterocycles. The van der Waals surface area contributed by atoms with Gasteiger partial charge in [0.25, 0.3) is 0 Å². The fourth-order valence-electron chi connectivity index (χ4n) is 3.05. The largest absolute Gasteiger partial charge is 0.103 e. The molecule has 0 aromatic rings. The highest BCUT2D eigenvalue weighted by atomic mass is 14.4. The van der Waals surface area contributed by atoms with E-state index in [4.69, 9.17) is 0 Å². The van der Waals surface area contributed by atoms with Crippen molar-refractivity contribution in [1.29, 1.82) is 0 Å². The Bertz CT molecular complexity index is 263. The molecular formula is C17H30. The summed E-state index contributed by atoms with van der Waals surface area (Å²) in [5.74, 6) is 4.15. The third-order valence-electron chi connectivity index (χ3n) is 4.72.